The second kappa shape index (κ2) is 15.1. The number of para-hydroxylation sites is 3. The maximum Gasteiger partial charge on any atom is 0.0726 e. The van der Waals surface area contributed by atoms with Gasteiger partial charge in [-0.25, -0.2) is 0 Å². The Hall–Kier alpha value is -8.20. The molecule has 63 heavy (non-hydrogen) atoms. The van der Waals surface area contributed by atoms with E-state index >= 15 is 0 Å². The zero-order valence-corrected chi connectivity index (χ0v) is 34.6. The summed E-state index contributed by atoms with van der Waals surface area (Å²) in [6, 6.07) is 93.1. The SMILES string of the molecule is c1ccc(-c2ccc(N(c3ccccc3)c3ccc(-c4cc(N(c5ccccc5)c5ccccc5)c5c(c4)C4(c6ccccc6-c6ccccc64)c4ccccc4-5)cc3)cc2)cc1. The zero-order chi connectivity index (χ0) is 41.7. The topological polar surface area (TPSA) is 6.48 Å². The van der Waals surface area contributed by atoms with Crippen molar-refractivity contribution in [2.24, 2.45) is 0 Å². The minimum Gasteiger partial charge on any atom is -0.311 e. The number of hydrogen-bond donors (Lipinski definition) is 0. The number of rotatable bonds is 8. The molecule has 0 unspecified atom stereocenters. The van der Waals surface area contributed by atoms with Crippen molar-refractivity contribution in [2.45, 2.75) is 5.41 Å². The van der Waals surface area contributed by atoms with E-state index in [-0.39, 0.29) is 0 Å². The van der Waals surface area contributed by atoms with Crippen LogP contribution in [0.5, 0.6) is 0 Å². The lowest BCUT2D eigenvalue weighted by Crippen LogP contribution is -2.26. The standard InChI is InChI=1S/C61H42N2/c1-5-19-43(20-6-1)44-33-37-50(38-34-44)62(47-21-7-2-8-22-47)51-39-35-45(36-40-51)46-41-58-60(59(42-46)63(48-23-9-3-10-24-48)49-25-11-4-12-26-49)54-29-15-18-32-57(54)61(58)55-30-16-13-27-52(55)53-28-14-17-31-56(53)61/h1-42H. The van der Waals surface area contributed by atoms with Gasteiger partial charge >= 0.3 is 0 Å². The molecule has 0 aliphatic heterocycles. The molecule has 0 radical (unpaired) electrons. The number of nitrogens with zero attached hydrogens (tertiary/aromatic N) is 2. The molecule has 2 heteroatoms. The van der Waals surface area contributed by atoms with E-state index in [1.807, 2.05) is 0 Å². The summed E-state index contributed by atoms with van der Waals surface area (Å²) in [6.45, 7) is 0. The highest BCUT2D eigenvalue weighted by Crippen LogP contribution is 2.65. The monoisotopic (exact) mass is 802 g/mol. The van der Waals surface area contributed by atoms with E-state index in [2.05, 4.69) is 265 Å². The Morgan fingerprint density at radius 2 is 0.587 bits per heavy atom. The Morgan fingerprint density at radius 1 is 0.238 bits per heavy atom. The molecule has 0 N–H and O–H groups in total. The van der Waals surface area contributed by atoms with Crippen LogP contribution < -0.4 is 9.80 Å². The quantitative estimate of drug-likeness (QED) is 0.151. The molecule has 2 aliphatic carbocycles. The highest BCUT2D eigenvalue weighted by Gasteiger charge is 2.52. The van der Waals surface area contributed by atoms with Crippen LogP contribution >= 0.6 is 0 Å². The molecule has 12 rings (SSSR count). The average Bonchev–Trinajstić information content (AvgIpc) is 3.83. The summed E-state index contributed by atoms with van der Waals surface area (Å²) in [5, 5.41) is 0. The summed E-state index contributed by atoms with van der Waals surface area (Å²) in [7, 11) is 0. The van der Waals surface area contributed by atoms with Gasteiger partial charge in [-0.2, -0.15) is 0 Å². The van der Waals surface area contributed by atoms with Gasteiger partial charge in [0.25, 0.3) is 0 Å². The lowest BCUT2D eigenvalue weighted by Gasteiger charge is -2.32. The van der Waals surface area contributed by atoms with Gasteiger partial charge in [0.1, 0.15) is 0 Å². The molecule has 1 spiro atoms. The van der Waals surface area contributed by atoms with Crippen LogP contribution in [-0.4, -0.2) is 0 Å². The van der Waals surface area contributed by atoms with Crippen molar-refractivity contribution in [2.75, 3.05) is 9.80 Å². The number of fused-ring (bicyclic) bond motifs is 10. The fourth-order valence-corrected chi connectivity index (χ4v) is 10.4. The van der Waals surface area contributed by atoms with Crippen molar-refractivity contribution < 1.29 is 0 Å². The highest BCUT2D eigenvalue weighted by molar-refractivity contribution is 6.02. The Bertz CT molecular complexity index is 3170. The fraction of sp³-hybridized carbons (Fsp3) is 0.0164. The molecule has 0 saturated heterocycles. The predicted octanol–water partition coefficient (Wildman–Crippen LogP) is 16.3. The van der Waals surface area contributed by atoms with E-state index in [1.165, 1.54) is 61.2 Å². The van der Waals surface area contributed by atoms with Gasteiger partial charge in [-0.15, -0.1) is 0 Å². The number of hydrogen-bond acceptors (Lipinski definition) is 2. The third-order valence-electron chi connectivity index (χ3n) is 13.0. The van der Waals surface area contributed by atoms with Gasteiger partial charge in [-0.1, -0.05) is 182 Å². The van der Waals surface area contributed by atoms with E-state index in [9.17, 15) is 0 Å². The molecule has 0 fully saturated rings. The Labute approximate surface area is 369 Å². The van der Waals surface area contributed by atoms with Gasteiger partial charge in [-0.3, -0.25) is 0 Å². The molecule has 0 bridgehead atoms. The summed E-state index contributed by atoms with van der Waals surface area (Å²) < 4.78 is 0. The summed E-state index contributed by atoms with van der Waals surface area (Å²) in [4.78, 5) is 4.80. The molecule has 0 atom stereocenters. The third-order valence-corrected chi connectivity index (χ3v) is 13.0. The smallest absolute Gasteiger partial charge is 0.0726 e. The summed E-state index contributed by atoms with van der Waals surface area (Å²) >= 11 is 0. The van der Waals surface area contributed by atoms with Crippen LogP contribution in [0.3, 0.4) is 0 Å². The Balaban J connectivity index is 1.08. The lowest BCUT2D eigenvalue weighted by atomic mass is 9.70. The van der Waals surface area contributed by atoms with Gasteiger partial charge in [0.05, 0.1) is 11.1 Å². The molecule has 2 nitrogen and oxygen atoms in total. The van der Waals surface area contributed by atoms with Gasteiger partial charge in [0.2, 0.25) is 0 Å². The van der Waals surface area contributed by atoms with Crippen molar-refractivity contribution in [1.82, 2.24) is 0 Å². The van der Waals surface area contributed by atoms with Gasteiger partial charge in [0, 0.05) is 34.0 Å². The van der Waals surface area contributed by atoms with Crippen LogP contribution in [0.4, 0.5) is 34.1 Å². The summed E-state index contributed by atoms with van der Waals surface area (Å²) in [5.41, 5.74) is 21.3. The molecule has 10 aromatic rings. The summed E-state index contributed by atoms with van der Waals surface area (Å²) in [6.07, 6.45) is 0. The largest absolute Gasteiger partial charge is 0.311 e. The van der Waals surface area contributed by atoms with E-state index in [4.69, 9.17) is 0 Å². The minimum absolute atomic E-state index is 0.501. The van der Waals surface area contributed by atoms with Crippen molar-refractivity contribution in [3.8, 4) is 44.5 Å². The first kappa shape index (κ1) is 36.6. The first-order chi connectivity index (χ1) is 31.3. The molecule has 0 amide bonds. The highest BCUT2D eigenvalue weighted by atomic mass is 15.1. The summed E-state index contributed by atoms with van der Waals surface area (Å²) in [5.74, 6) is 0. The number of benzene rings is 10. The van der Waals surface area contributed by atoms with Crippen LogP contribution in [0, 0.1) is 0 Å². The van der Waals surface area contributed by atoms with Crippen molar-refractivity contribution in [1.29, 1.82) is 0 Å². The van der Waals surface area contributed by atoms with Crippen LogP contribution in [-0.2, 0) is 5.41 Å². The van der Waals surface area contributed by atoms with Gasteiger partial charge < -0.3 is 9.80 Å². The van der Waals surface area contributed by atoms with Crippen LogP contribution in [0.2, 0.25) is 0 Å². The lowest BCUT2D eigenvalue weighted by molar-refractivity contribution is 0.794. The predicted molar refractivity (Wildman–Crippen MR) is 263 cm³/mol. The van der Waals surface area contributed by atoms with Gasteiger partial charge in [0.15, 0.2) is 0 Å². The average molecular weight is 803 g/mol. The van der Waals surface area contributed by atoms with Crippen LogP contribution in [0.15, 0.2) is 255 Å². The first-order valence-corrected chi connectivity index (χ1v) is 21.8. The maximum absolute atomic E-state index is 2.50. The molecular weight excluding hydrogens is 761 g/mol. The van der Waals surface area contributed by atoms with Crippen molar-refractivity contribution in [3.63, 3.8) is 0 Å². The molecule has 2 aliphatic rings. The van der Waals surface area contributed by atoms with Crippen LogP contribution in [0.1, 0.15) is 22.3 Å². The second-order valence-electron chi connectivity index (χ2n) is 16.4. The van der Waals surface area contributed by atoms with Crippen molar-refractivity contribution >= 4 is 34.1 Å². The normalized spacial score (nSPS) is 12.6. The van der Waals surface area contributed by atoms with Gasteiger partial charge in [-0.05, 0) is 134 Å². The van der Waals surface area contributed by atoms with E-state index < -0.39 is 5.41 Å². The molecular formula is C61H42N2. The molecule has 0 heterocycles. The molecule has 10 aromatic carbocycles. The Kier molecular flexibility index (Phi) is 8.76. The van der Waals surface area contributed by atoms with Crippen molar-refractivity contribution in [3.05, 3.63) is 277 Å². The Morgan fingerprint density at radius 3 is 1.08 bits per heavy atom. The van der Waals surface area contributed by atoms with Crippen LogP contribution in [0.25, 0.3) is 44.5 Å². The zero-order valence-electron chi connectivity index (χ0n) is 34.6. The number of anilines is 6. The third kappa shape index (κ3) is 5.87. The molecule has 0 aromatic heterocycles. The minimum atomic E-state index is -0.501. The second-order valence-corrected chi connectivity index (χ2v) is 16.4. The fourth-order valence-electron chi connectivity index (χ4n) is 10.4. The first-order valence-electron chi connectivity index (χ1n) is 21.8. The van der Waals surface area contributed by atoms with E-state index in [0.29, 0.717) is 0 Å². The van der Waals surface area contributed by atoms with E-state index in [0.717, 1.165) is 39.7 Å². The molecule has 296 valence electrons. The van der Waals surface area contributed by atoms with E-state index in [1.54, 1.807) is 0 Å². The molecule has 0 saturated carbocycles. The maximum atomic E-state index is 2.50.